The molecule has 120 valence electrons. The molecule has 1 unspecified atom stereocenters. The van der Waals surface area contributed by atoms with Gasteiger partial charge in [-0.3, -0.25) is 9.35 Å². The van der Waals surface area contributed by atoms with Crippen molar-refractivity contribution in [3.63, 3.8) is 0 Å². The van der Waals surface area contributed by atoms with Crippen LogP contribution in [0.4, 0.5) is 13.2 Å². The zero-order valence-corrected chi connectivity index (χ0v) is 12.8. The summed E-state index contributed by atoms with van der Waals surface area (Å²) in [7, 11) is 0. The van der Waals surface area contributed by atoms with Crippen LogP contribution in [0, 0.1) is 13.8 Å². The minimum Gasteiger partial charge on any atom is -0.760 e. The topological polar surface area (TPSA) is 66.2 Å². The Morgan fingerprint density at radius 3 is 2.00 bits per heavy atom. The third kappa shape index (κ3) is 4.94. The molecule has 2 N–H and O–H groups in total. The van der Waals surface area contributed by atoms with Crippen molar-refractivity contribution >= 4 is 11.3 Å². The molecule has 0 bridgehead atoms. The van der Waals surface area contributed by atoms with Crippen LogP contribution in [0.15, 0.2) is 42.5 Å². The van der Waals surface area contributed by atoms with Crippen molar-refractivity contribution in [1.29, 1.82) is 0 Å². The maximum atomic E-state index is 13.0. The highest BCUT2D eigenvalue weighted by atomic mass is 32.2. The Hall–Kier alpha value is -1.70. The van der Waals surface area contributed by atoms with Gasteiger partial charge in [0.25, 0.3) is 0 Å². The largest absolute Gasteiger partial charge is 0.760 e. The number of aryl methyl sites for hydroxylation is 1. The number of hydrogen-bond donors (Lipinski definition) is 1. The van der Waals surface area contributed by atoms with Gasteiger partial charge >= 0.3 is 6.18 Å². The minimum atomic E-state index is -4.33. The molecule has 0 saturated carbocycles. The molecule has 2 rings (SSSR count). The average molecular weight is 330 g/mol. The van der Waals surface area contributed by atoms with Crippen LogP contribution in [0.2, 0.25) is 0 Å². The van der Waals surface area contributed by atoms with Gasteiger partial charge in [-0.1, -0.05) is 36.4 Å². The van der Waals surface area contributed by atoms with Crippen LogP contribution in [0.3, 0.4) is 0 Å². The third-order valence-corrected chi connectivity index (χ3v) is 3.10. The van der Waals surface area contributed by atoms with Gasteiger partial charge in [0.2, 0.25) is 0 Å². The zero-order valence-electron chi connectivity index (χ0n) is 12.0. The Balaban J connectivity index is 0.000000541. The van der Waals surface area contributed by atoms with E-state index in [1.54, 1.807) is 37.3 Å². The van der Waals surface area contributed by atoms with Crippen molar-refractivity contribution in [1.82, 2.24) is 0 Å². The fraction of sp³-hybridized carbons (Fsp3) is 0.200. The fourth-order valence-electron chi connectivity index (χ4n) is 2.03. The van der Waals surface area contributed by atoms with E-state index in [4.69, 9.17) is 8.76 Å². The van der Waals surface area contributed by atoms with Crippen molar-refractivity contribution in [2.45, 2.75) is 20.0 Å². The number of alkyl halides is 3. The van der Waals surface area contributed by atoms with Crippen LogP contribution < -0.4 is 5.14 Å². The van der Waals surface area contributed by atoms with E-state index in [1.165, 1.54) is 6.07 Å². The molecule has 1 atom stereocenters. The Bertz CT molecular complexity index is 654. The van der Waals surface area contributed by atoms with E-state index < -0.39 is 23.0 Å². The number of benzene rings is 2. The number of hydrogen-bond acceptors (Lipinski definition) is 2. The van der Waals surface area contributed by atoms with Gasteiger partial charge in [0, 0.05) is 11.3 Å². The molecule has 0 amide bonds. The van der Waals surface area contributed by atoms with E-state index >= 15 is 0 Å². The molecule has 2 aromatic rings. The van der Waals surface area contributed by atoms with Crippen molar-refractivity contribution < 1.29 is 21.9 Å². The first-order chi connectivity index (χ1) is 10.1. The summed E-state index contributed by atoms with van der Waals surface area (Å²) in [6.45, 7) is 3.55. The van der Waals surface area contributed by atoms with Crippen LogP contribution in [0.1, 0.15) is 16.7 Å². The van der Waals surface area contributed by atoms with Gasteiger partial charge < -0.3 is 4.55 Å². The molecule has 0 radical (unpaired) electrons. The van der Waals surface area contributed by atoms with Gasteiger partial charge in [-0.15, -0.1) is 0 Å². The monoisotopic (exact) mass is 330 g/mol. The van der Waals surface area contributed by atoms with E-state index in [1.807, 2.05) is 6.92 Å². The Morgan fingerprint density at radius 2 is 1.55 bits per heavy atom. The van der Waals surface area contributed by atoms with Crippen LogP contribution >= 0.6 is 0 Å². The first-order valence-electron chi connectivity index (χ1n) is 6.21. The predicted molar refractivity (Wildman–Crippen MR) is 79.5 cm³/mol. The molecule has 0 heterocycles. The van der Waals surface area contributed by atoms with Gasteiger partial charge in [-0.2, -0.15) is 13.2 Å². The van der Waals surface area contributed by atoms with E-state index in [2.05, 4.69) is 5.14 Å². The summed E-state index contributed by atoms with van der Waals surface area (Å²) in [6, 6.07) is 11.4. The summed E-state index contributed by atoms with van der Waals surface area (Å²) in [5.41, 5.74) is 1.85. The second kappa shape index (κ2) is 7.53. The minimum absolute atomic E-state index is 0.281. The zero-order chi connectivity index (χ0) is 16.9. The molecule has 0 aliphatic heterocycles. The lowest BCUT2D eigenvalue weighted by molar-refractivity contribution is -0.137. The molecule has 0 aliphatic carbocycles. The summed E-state index contributed by atoms with van der Waals surface area (Å²) < 4.78 is 56.7. The molecular formula is C15H15F3NO2S-. The molecule has 0 spiro atoms. The summed E-state index contributed by atoms with van der Waals surface area (Å²) >= 11 is -2.36. The number of rotatable bonds is 1. The van der Waals surface area contributed by atoms with Crippen LogP contribution in [-0.4, -0.2) is 8.76 Å². The van der Waals surface area contributed by atoms with Crippen molar-refractivity contribution in [2.24, 2.45) is 5.14 Å². The lowest BCUT2D eigenvalue weighted by Gasteiger charge is -2.17. The number of halogens is 3. The standard InChI is InChI=1S/C15H13F3.H3NO2S/c1-10-8-9-13(15(16,17)18)14(11(10)2)12-6-4-3-5-7-12;1-4(2)3/h3-9H,1-2H3;1H2,(H,2,3)/p-1. The van der Waals surface area contributed by atoms with Gasteiger partial charge in [0.15, 0.2) is 0 Å². The molecule has 3 nitrogen and oxygen atoms in total. The Morgan fingerprint density at radius 1 is 1.05 bits per heavy atom. The van der Waals surface area contributed by atoms with Gasteiger partial charge in [-0.25, -0.2) is 0 Å². The molecule has 0 saturated heterocycles. The molecule has 2 aromatic carbocycles. The highest BCUT2D eigenvalue weighted by Crippen LogP contribution is 2.39. The van der Waals surface area contributed by atoms with E-state index in [0.29, 0.717) is 11.1 Å². The lowest BCUT2D eigenvalue weighted by Crippen LogP contribution is -2.08. The second-order valence-corrected chi connectivity index (χ2v) is 5.08. The molecule has 0 aromatic heterocycles. The van der Waals surface area contributed by atoms with Crippen molar-refractivity contribution in [2.75, 3.05) is 0 Å². The summed E-state index contributed by atoms with van der Waals surface area (Å²) in [4.78, 5) is 0. The fourth-order valence-corrected chi connectivity index (χ4v) is 2.03. The summed E-state index contributed by atoms with van der Waals surface area (Å²) in [6.07, 6.45) is -4.33. The highest BCUT2D eigenvalue weighted by Gasteiger charge is 2.34. The van der Waals surface area contributed by atoms with E-state index in [0.717, 1.165) is 11.6 Å². The summed E-state index contributed by atoms with van der Waals surface area (Å²) in [5.74, 6) is 0. The lowest BCUT2D eigenvalue weighted by atomic mass is 9.92. The van der Waals surface area contributed by atoms with Crippen LogP contribution in [-0.2, 0) is 17.4 Å². The SMILES string of the molecule is Cc1ccc(C(F)(F)F)c(-c2ccccc2)c1C.NS(=O)[O-]. The maximum absolute atomic E-state index is 13.0. The third-order valence-electron chi connectivity index (χ3n) is 3.10. The van der Waals surface area contributed by atoms with E-state index in [9.17, 15) is 13.2 Å². The summed E-state index contributed by atoms with van der Waals surface area (Å²) in [5, 5.41) is 4.03. The maximum Gasteiger partial charge on any atom is 0.417 e. The second-order valence-electron chi connectivity index (χ2n) is 4.55. The number of nitrogens with two attached hydrogens (primary N) is 1. The van der Waals surface area contributed by atoms with Crippen LogP contribution in [0.25, 0.3) is 11.1 Å². The Labute approximate surface area is 129 Å². The first kappa shape index (κ1) is 18.3. The van der Waals surface area contributed by atoms with Gasteiger partial charge in [-0.05, 0) is 42.2 Å². The molecule has 0 aliphatic rings. The van der Waals surface area contributed by atoms with E-state index in [-0.39, 0.29) is 5.56 Å². The Kier molecular flexibility index (Phi) is 6.28. The van der Waals surface area contributed by atoms with Gasteiger partial charge in [0.1, 0.15) is 0 Å². The molecule has 7 heteroatoms. The van der Waals surface area contributed by atoms with Crippen molar-refractivity contribution in [3.8, 4) is 11.1 Å². The molecular weight excluding hydrogens is 315 g/mol. The van der Waals surface area contributed by atoms with Crippen LogP contribution in [0.5, 0.6) is 0 Å². The van der Waals surface area contributed by atoms with Crippen molar-refractivity contribution in [3.05, 3.63) is 59.2 Å². The predicted octanol–water partition coefficient (Wildman–Crippen LogP) is 3.73. The van der Waals surface area contributed by atoms with Gasteiger partial charge in [0.05, 0.1) is 5.56 Å². The first-order valence-corrected chi connectivity index (χ1v) is 7.35. The smallest absolute Gasteiger partial charge is 0.417 e. The normalized spacial score (nSPS) is 12.3. The quantitative estimate of drug-likeness (QED) is 0.810. The molecule has 22 heavy (non-hydrogen) atoms. The highest BCUT2D eigenvalue weighted by molar-refractivity contribution is 7.76. The molecule has 0 fully saturated rings. The average Bonchev–Trinajstić information content (AvgIpc) is 2.40.